The molecular formula is C14H20N2O3S. The lowest BCUT2D eigenvalue weighted by Gasteiger charge is -2.31. The zero-order valence-corrected chi connectivity index (χ0v) is 12.4. The van der Waals surface area contributed by atoms with Crippen LogP contribution in [0.4, 0.5) is 5.69 Å². The number of benzene rings is 1. The van der Waals surface area contributed by atoms with E-state index in [1.807, 2.05) is 6.92 Å². The maximum Gasteiger partial charge on any atom is 0.264 e. The van der Waals surface area contributed by atoms with Crippen molar-refractivity contribution in [3.8, 4) is 0 Å². The molecule has 1 aliphatic rings. The van der Waals surface area contributed by atoms with Gasteiger partial charge in [-0.15, -0.1) is 0 Å². The Morgan fingerprint density at radius 3 is 2.25 bits per heavy atom. The number of nitrogens with two attached hydrogens (primary N) is 1. The van der Waals surface area contributed by atoms with Crippen molar-refractivity contribution < 1.29 is 13.2 Å². The van der Waals surface area contributed by atoms with Gasteiger partial charge in [0.1, 0.15) is 0 Å². The summed E-state index contributed by atoms with van der Waals surface area (Å²) in [6, 6.07) is 5.80. The summed E-state index contributed by atoms with van der Waals surface area (Å²) in [6.07, 6.45) is 4.50. The van der Waals surface area contributed by atoms with Crippen LogP contribution in [0.2, 0.25) is 0 Å². The van der Waals surface area contributed by atoms with Crippen molar-refractivity contribution in [3.63, 3.8) is 0 Å². The Hall–Kier alpha value is -1.56. The maximum atomic E-state index is 12.3. The van der Waals surface area contributed by atoms with Crippen LogP contribution < -0.4 is 10.5 Å². The van der Waals surface area contributed by atoms with Gasteiger partial charge in [0.2, 0.25) is 5.91 Å². The van der Waals surface area contributed by atoms with Gasteiger partial charge in [0.05, 0.1) is 4.90 Å². The highest BCUT2D eigenvalue weighted by Crippen LogP contribution is 2.36. The van der Waals surface area contributed by atoms with Crippen LogP contribution in [0.1, 0.15) is 39.0 Å². The Balaban J connectivity index is 2.15. The van der Waals surface area contributed by atoms with Crippen LogP contribution >= 0.6 is 0 Å². The minimum absolute atomic E-state index is 0.0551. The summed E-state index contributed by atoms with van der Waals surface area (Å²) < 4.78 is 26.5. The minimum Gasteiger partial charge on any atom is -0.399 e. The molecule has 2 rings (SSSR count). The van der Waals surface area contributed by atoms with Crippen LogP contribution in [0.3, 0.4) is 0 Å². The summed E-state index contributed by atoms with van der Waals surface area (Å²) in [6.45, 7) is 1.83. The predicted molar refractivity (Wildman–Crippen MR) is 77.4 cm³/mol. The van der Waals surface area contributed by atoms with E-state index in [0.29, 0.717) is 5.69 Å². The molecule has 20 heavy (non-hydrogen) atoms. The van der Waals surface area contributed by atoms with Crippen LogP contribution in [-0.4, -0.2) is 14.3 Å². The molecule has 110 valence electrons. The van der Waals surface area contributed by atoms with E-state index in [4.69, 9.17) is 5.73 Å². The number of sulfonamides is 1. The van der Waals surface area contributed by atoms with Crippen LogP contribution in [0.25, 0.3) is 0 Å². The van der Waals surface area contributed by atoms with Crippen molar-refractivity contribution in [2.75, 3.05) is 5.73 Å². The Labute approximate surface area is 119 Å². The summed E-state index contributed by atoms with van der Waals surface area (Å²) in [5.74, 6) is -0.408. The van der Waals surface area contributed by atoms with Crippen molar-refractivity contribution in [1.82, 2.24) is 4.72 Å². The highest BCUT2D eigenvalue weighted by Gasteiger charge is 2.36. The minimum atomic E-state index is -3.82. The molecule has 0 heterocycles. The van der Waals surface area contributed by atoms with E-state index in [9.17, 15) is 13.2 Å². The van der Waals surface area contributed by atoms with Gasteiger partial charge in [-0.25, -0.2) is 13.1 Å². The van der Waals surface area contributed by atoms with E-state index in [-0.39, 0.29) is 4.90 Å². The number of rotatable bonds is 3. The second kappa shape index (κ2) is 5.44. The molecule has 0 atom stereocenters. The van der Waals surface area contributed by atoms with Gasteiger partial charge in [0.25, 0.3) is 10.0 Å². The Morgan fingerprint density at radius 1 is 1.15 bits per heavy atom. The summed E-state index contributed by atoms with van der Waals surface area (Å²) >= 11 is 0. The molecule has 1 fully saturated rings. The van der Waals surface area contributed by atoms with Crippen LogP contribution in [0.5, 0.6) is 0 Å². The van der Waals surface area contributed by atoms with Gasteiger partial charge in [0, 0.05) is 11.1 Å². The molecule has 1 saturated carbocycles. The molecule has 0 saturated heterocycles. The molecule has 3 N–H and O–H groups in total. The van der Waals surface area contributed by atoms with Crippen LogP contribution in [-0.2, 0) is 14.8 Å². The van der Waals surface area contributed by atoms with E-state index >= 15 is 0 Å². The summed E-state index contributed by atoms with van der Waals surface area (Å²) in [5, 5.41) is 0. The summed E-state index contributed by atoms with van der Waals surface area (Å²) in [7, 11) is -3.82. The third kappa shape index (κ3) is 3.12. The van der Waals surface area contributed by atoms with E-state index in [2.05, 4.69) is 4.72 Å². The molecule has 1 aromatic rings. The lowest BCUT2D eigenvalue weighted by Crippen LogP contribution is -2.43. The standard InChI is InChI=1S/C14H20N2O3S/c1-14(9-3-2-4-10-14)13(17)16-20(18,19)12-7-5-11(15)6-8-12/h5-8H,2-4,9-10,15H2,1H3,(H,16,17). The van der Waals surface area contributed by atoms with Crippen molar-refractivity contribution in [1.29, 1.82) is 0 Å². The molecule has 0 aliphatic heterocycles. The second-order valence-corrected chi connectivity index (χ2v) is 7.31. The molecule has 0 spiro atoms. The molecule has 0 bridgehead atoms. The van der Waals surface area contributed by atoms with Gasteiger partial charge < -0.3 is 5.73 Å². The third-order valence-corrected chi connectivity index (χ3v) is 5.27. The highest BCUT2D eigenvalue weighted by atomic mass is 32.2. The quantitative estimate of drug-likeness (QED) is 0.835. The molecule has 5 nitrogen and oxygen atoms in total. The number of carbonyl (C=O) groups is 1. The molecule has 0 unspecified atom stereocenters. The van der Waals surface area contributed by atoms with Gasteiger partial charge in [0.15, 0.2) is 0 Å². The molecule has 6 heteroatoms. The number of carbonyl (C=O) groups excluding carboxylic acids is 1. The largest absolute Gasteiger partial charge is 0.399 e. The van der Waals surface area contributed by atoms with Crippen molar-refractivity contribution in [2.24, 2.45) is 5.41 Å². The smallest absolute Gasteiger partial charge is 0.264 e. The topological polar surface area (TPSA) is 89.3 Å². The van der Waals surface area contributed by atoms with E-state index in [0.717, 1.165) is 32.1 Å². The molecule has 1 amide bonds. The summed E-state index contributed by atoms with van der Waals surface area (Å²) in [4.78, 5) is 12.3. The first-order chi connectivity index (χ1) is 9.33. The molecule has 1 aliphatic carbocycles. The van der Waals surface area contributed by atoms with Gasteiger partial charge in [-0.05, 0) is 37.1 Å². The lowest BCUT2D eigenvalue weighted by atomic mass is 9.75. The van der Waals surface area contributed by atoms with Gasteiger partial charge in [-0.3, -0.25) is 4.79 Å². The Kier molecular flexibility index (Phi) is 4.04. The Morgan fingerprint density at radius 2 is 1.70 bits per heavy atom. The van der Waals surface area contributed by atoms with Crippen molar-refractivity contribution in [3.05, 3.63) is 24.3 Å². The molecular weight excluding hydrogens is 276 g/mol. The molecule has 1 aromatic carbocycles. The zero-order chi connectivity index (χ0) is 14.8. The highest BCUT2D eigenvalue weighted by molar-refractivity contribution is 7.90. The van der Waals surface area contributed by atoms with Crippen LogP contribution in [0, 0.1) is 5.41 Å². The lowest BCUT2D eigenvalue weighted by molar-refractivity contribution is -0.129. The van der Waals surface area contributed by atoms with Crippen LogP contribution in [0.15, 0.2) is 29.2 Å². The fourth-order valence-electron chi connectivity index (χ4n) is 2.51. The normalized spacial score (nSPS) is 18.4. The average molecular weight is 296 g/mol. The number of hydrogen-bond donors (Lipinski definition) is 2. The number of nitrogens with one attached hydrogen (secondary N) is 1. The first-order valence-corrected chi connectivity index (χ1v) is 8.25. The molecule has 0 radical (unpaired) electrons. The van der Waals surface area contributed by atoms with Crippen molar-refractivity contribution >= 4 is 21.6 Å². The SMILES string of the molecule is CC1(C(=O)NS(=O)(=O)c2ccc(N)cc2)CCCCC1. The van der Waals surface area contributed by atoms with Crippen molar-refractivity contribution in [2.45, 2.75) is 43.9 Å². The maximum absolute atomic E-state index is 12.3. The van der Waals surface area contributed by atoms with E-state index < -0.39 is 21.3 Å². The van der Waals surface area contributed by atoms with E-state index in [1.54, 1.807) is 0 Å². The predicted octanol–water partition coefficient (Wildman–Crippen LogP) is 2.04. The second-order valence-electron chi connectivity index (χ2n) is 5.62. The number of anilines is 1. The third-order valence-electron chi connectivity index (χ3n) is 3.92. The van der Waals surface area contributed by atoms with Gasteiger partial charge in [-0.2, -0.15) is 0 Å². The fourth-order valence-corrected chi connectivity index (χ4v) is 3.61. The fraction of sp³-hybridized carbons (Fsp3) is 0.500. The summed E-state index contributed by atoms with van der Waals surface area (Å²) in [5.41, 5.74) is 5.42. The van der Waals surface area contributed by atoms with E-state index in [1.165, 1.54) is 24.3 Å². The number of amides is 1. The van der Waals surface area contributed by atoms with Gasteiger partial charge >= 0.3 is 0 Å². The first-order valence-electron chi connectivity index (χ1n) is 6.76. The number of nitrogen functional groups attached to an aromatic ring is 1. The van der Waals surface area contributed by atoms with Gasteiger partial charge in [-0.1, -0.05) is 26.2 Å². The monoisotopic (exact) mass is 296 g/mol. The first kappa shape index (κ1) is 14.8. The number of hydrogen-bond acceptors (Lipinski definition) is 4. The molecule has 0 aromatic heterocycles. The Bertz CT molecular complexity index is 587. The zero-order valence-electron chi connectivity index (χ0n) is 11.6. The average Bonchev–Trinajstić information content (AvgIpc) is 2.39.